The van der Waals surface area contributed by atoms with E-state index in [1.54, 1.807) is 41.5 Å². The molecule has 16 heteroatoms. The van der Waals surface area contributed by atoms with Gasteiger partial charge in [0.25, 0.3) is 0 Å². The Morgan fingerprint density at radius 3 is 2.39 bits per heavy atom. The summed E-state index contributed by atoms with van der Waals surface area (Å²) in [6.45, 7) is 10.4. The first-order chi connectivity index (χ1) is 17.7. The van der Waals surface area contributed by atoms with E-state index >= 15 is 0 Å². The first-order valence-electron chi connectivity index (χ1n) is 11.2. The van der Waals surface area contributed by atoms with Gasteiger partial charge in [0.2, 0.25) is 17.6 Å². The molecule has 2 aromatic rings. The Balaban J connectivity index is 2.04. The number of rotatable bonds is 6. The number of guanidine groups is 1. The quantitative estimate of drug-likeness (QED) is 0.106. The van der Waals surface area contributed by atoms with Crippen molar-refractivity contribution in [2.75, 3.05) is 23.7 Å². The number of halogens is 2. The summed E-state index contributed by atoms with van der Waals surface area (Å²) in [4.78, 5) is 28.1. The zero-order valence-electron chi connectivity index (χ0n) is 21.7. The molecule has 5 N–H and O–H groups in total. The Bertz CT molecular complexity index is 1190. The molecule has 0 unspecified atom stereocenters. The summed E-state index contributed by atoms with van der Waals surface area (Å²) in [6.07, 6.45) is -1.75. The van der Waals surface area contributed by atoms with Gasteiger partial charge < -0.3 is 30.6 Å². The standard InChI is InChI=1S/C22H30BrFN8O6/c1-21(2,3)36-19(33)28-18(29-20(34)37-22(4,5)6)26-10-9-25-16-15(31-38-32-16)17(30-35)27-12-7-8-14(24)13(23)11-12/h7-8,11,35H,9-10H2,1-6H3,(H,25,32)(H,27,30)(H2,26,28,29,33,34). The first kappa shape index (κ1) is 30.3. The van der Waals surface area contributed by atoms with Gasteiger partial charge in [-0.3, -0.25) is 5.32 Å². The number of anilines is 2. The summed E-state index contributed by atoms with van der Waals surface area (Å²) in [5, 5.41) is 30.9. The van der Waals surface area contributed by atoms with Crippen LogP contribution in [-0.2, 0) is 9.47 Å². The number of aliphatic imine (C=N–C) groups is 1. The van der Waals surface area contributed by atoms with Gasteiger partial charge in [0.15, 0.2) is 5.69 Å². The first-order valence-corrected chi connectivity index (χ1v) is 12.0. The summed E-state index contributed by atoms with van der Waals surface area (Å²) in [6, 6.07) is 4.09. The van der Waals surface area contributed by atoms with Crippen molar-refractivity contribution in [1.29, 1.82) is 0 Å². The van der Waals surface area contributed by atoms with Crippen LogP contribution in [0.4, 0.5) is 25.5 Å². The molecule has 2 rings (SSSR count). The summed E-state index contributed by atoms with van der Waals surface area (Å²) in [5.74, 6) is -0.681. The minimum absolute atomic E-state index is 0.0301. The van der Waals surface area contributed by atoms with Gasteiger partial charge in [0, 0.05) is 18.8 Å². The highest BCUT2D eigenvalue weighted by atomic mass is 79.9. The van der Waals surface area contributed by atoms with E-state index in [4.69, 9.17) is 14.1 Å². The van der Waals surface area contributed by atoms with Crippen molar-refractivity contribution in [3.8, 4) is 0 Å². The molecule has 1 aromatic carbocycles. The van der Waals surface area contributed by atoms with E-state index in [2.05, 4.69) is 57.7 Å². The Morgan fingerprint density at radius 2 is 1.79 bits per heavy atom. The monoisotopic (exact) mass is 600 g/mol. The summed E-state index contributed by atoms with van der Waals surface area (Å²) in [5.41, 5.74) is -1.14. The fraction of sp³-hybridized carbons (Fsp3) is 0.455. The number of amidine groups is 1. The number of benzene rings is 1. The van der Waals surface area contributed by atoms with Crippen LogP contribution in [0.1, 0.15) is 47.2 Å². The van der Waals surface area contributed by atoms with Gasteiger partial charge in [0.05, 0.1) is 4.47 Å². The molecule has 1 heterocycles. The van der Waals surface area contributed by atoms with Crippen LogP contribution >= 0.6 is 15.9 Å². The number of hydrogen-bond donors (Lipinski definition) is 5. The van der Waals surface area contributed by atoms with Crippen molar-refractivity contribution >= 4 is 51.4 Å². The van der Waals surface area contributed by atoms with E-state index < -0.39 is 29.2 Å². The molecule has 0 saturated carbocycles. The van der Waals surface area contributed by atoms with Crippen LogP contribution in [0.2, 0.25) is 0 Å². The van der Waals surface area contributed by atoms with Crippen molar-refractivity contribution < 1.29 is 33.3 Å². The third-order valence-corrected chi connectivity index (χ3v) is 4.53. The fourth-order valence-corrected chi connectivity index (χ4v) is 2.93. The number of ether oxygens (including phenoxy) is 2. The average Bonchev–Trinajstić information content (AvgIpc) is 3.23. The summed E-state index contributed by atoms with van der Waals surface area (Å²) >= 11 is 3.08. The second-order valence-electron chi connectivity index (χ2n) is 9.59. The van der Waals surface area contributed by atoms with Gasteiger partial charge in [-0.1, -0.05) is 5.16 Å². The molecule has 0 radical (unpaired) electrons. The number of carbonyl (C=O) groups excluding carboxylic acids is 2. The zero-order chi connectivity index (χ0) is 28.5. The summed E-state index contributed by atoms with van der Waals surface area (Å²) in [7, 11) is 0. The van der Waals surface area contributed by atoms with Crippen molar-refractivity contribution in [2.24, 2.45) is 10.1 Å². The molecule has 0 aliphatic heterocycles. The third-order valence-electron chi connectivity index (χ3n) is 3.92. The summed E-state index contributed by atoms with van der Waals surface area (Å²) < 4.78 is 28.8. The van der Waals surface area contributed by atoms with E-state index in [1.807, 2.05) is 0 Å². The van der Waals surface area contributed by atoms with Crippen LogP contribution in [0, 0.1) is 5.82 Å². The molecular formula is C22H30BrFN8O6. The third kappa shape index (κ3) is 10.6. The lowest BCUT2D eigenvalue weighted by atomic mass is 10.2. The molecule has 0 aliphatic rings. The second kappa shape index (κ2) is 13.0. The van der Waals surface area contributed by atoms with Gasteiger partial charge in [-0.2, -0.15) is 0 Å². The fourth-order valence-electron chi connectivity index (χ4n) is 2.55. The van der Waals surface area contributed by atoms with Crippen LogP contribution in [-0.4, -0.2) is 63.8 Å². The van der Waals surface area contributed by atoms with Gasteiger partial charge in [-0.15, -0.1) is 4.99 Å². The molecule has 0 bridgehead atoms. The molecule has 0 aliphatic carbocycles. The molecule has 2 amide bonds. The Kier molecular flexibility index (Phi) is 10.4. The molecular weight excluding hydrogens is 571 g/mol. The molecule has 0 fully saturated rings. The number of carbonyl (C=O) groups is 2. The lowest BCUT2D eigenvalue weighted by molar-refractivity contribution is 0.0560. The van der Waals surface area contributed by atoms with Gasteiger partial charge >= 0.3 is 12.2 Å². The molecule has 208 valence electrons. The minimum Gasteiger partial charge on any atom is -0.444 e. The van der Waals surface area contributed by atoms with Crippen LogP contribution in [0.15, 0.2) is 37.4 Å². The Hall–Kier alpha value is -3.95. The minimum atomic E-state index is -0.922. The lowest BCUT2D eigenvalue weighted by Crippen LogP contribution is -2.45. The Labute approximate surface area is 226 Å². The Morgan fingerprint density at radius 1 is 1.11 bits per heavy atom. The number of aromatic nitrogens is 2. The molecule has 38 heavy (non-hydrogen) atoms. The smallest absolute Gasteiger partial charge is 0.437 e. The molecule has 14 nitrogen and oxygen atoms in total. The maximum absolute atomic E-state index is 13.5. The second-order valence-corrected chi connectivity index (χ2v) is 10.4. The SMILES string of the molecule is CC(C)(C)OC(=O)/N=C(\NCCNc1nonc1/C(=N/O)Nc1ccc(F)c(Br)c1)NC(=O)OC(C)(C)C. The van der Waals surface area contributed by atoms with E-state index in [0.29, 0.717) is 5.69 Å². The predicted octanol–water partition coefficient (Wildman–Crippen LogP) is 4.04. The molecule has 0 saturated heterocycles. The molecule has 0 spiro atoms. The van der Waals surface area contributed by atoms with Gasteiger partial charge in [-0.05, 0) is 86.0 Å². The van der Waals surface area contributed by atoms with Crippen LogP contribution in [0.3, 0.4) is 0 Å². The number of nitrogens with one attached hydrogen (secondary N) is 4. The number of oxime groups is 1. The predicted molar refractivity (Wildman–Crippen MR) is 140 cm³/mol. The average molecular weight is 601 g/mol. The maximum Gasteiger partial charge on any atom is 0.437 e. The highest BCUT2D eigenvalue weighted by molar-refractivity contribution is 9.10. The normalized spacial score (nSPS) is 12.5. The van der Waals surface area contributed by atoms with Crippen LogP contribution in [0.25, 0.3) is 0 Å². The van der Waals surface area contributed by atoms with E-state index in [0.717, 1.165) is 0 Å². The van der Waals surface area contributed by atoms with E-state index in [9.17, 15) is 19.2 Å². The van der Waals surface area contributed by atoms with Gasteiger partial charge in [0.1, 0.15) is 17.0 Å². The number of alkyl carbamates (subject to hydrolysis) is 1. The molecule has 1 aromatic heterocycles. The van der Waals surface area contributed by atoms with Crippen molar-refractivity contribution in [3.05, 3.63) is 34.2 Å². The topological polar surface area (TPSA) is 185 Å². The number of nitrogens with zero attached hydrogens (tertiary/aromatic N) is 4. The molecule has 0 atom stereocenters. The number of amides is 2. The zero-order valence-corrected chi connectivity index (χ0v) is 23.3. The van der Waals surface area contributed by atoms with Gasteiger partial charge in [-0.25, -0.2) is 18.6 Å². The van der Waals surface area contributed by atoms with E-state index in [1.165, 1.54) is 18.2 Å². The largest absolute Gasteiger partial charge is 0.444 e. The van der Waals surface area contributed by atoms with Crippen molar-refractivity contribution in [3.63, 3.8) is 0 Å². The van der Waals surface area contributed by atoms with E-state index in [-0.39, 0.29) is 40.9 Å². The van der Waals surface area contributed by atoms with Crippen molar-refractivity contribution in [2.45, 2.75) is 52.7 Å². The highest BCUT2D eigenvalue weighted by Gasteiger charge is 2.21. The van der Waals surface area contributed by atoms with Crippen LogP contribution < -0.4 is 21.3 Å². The van der Waals surface area contributed by atoms with Crippen molar-refractivity contribution in [1.82, 2.24) is 20.9 Å². The number of hydrogen-bond acceptors (Lipinski definition) is 10. The maximum atomic E-state index is 13.5. The lowest BCUT2D eigenvalue weighted by Gasteiger charge is -2.21. The highest BCUT2D eigenvalue weighted by Crippen LogP contribution is 2.21. The van der Waals surface area contributed by atoms with Crippen LogP contribution in [0.5, 0.6) is 0 Å².